The Kier molecular flexibility index (Phi) is 2.48. The van der Waals surface area contributed by atoms with E-state index in [1.54, 1.807) is 0 Å². The molecule has 0 radical (unpaired) electrons. The van der Waals surface area contributed by atoms with Gasteiger partial charge in [0.1, 0.15) is 5.69 Å². The van der Waals surface area contributed by atoms with Crippen LogP contribution in [0, 0.1) is 0 Å². The summed E-state index contributed by atoms with van der Waals surface area (Å²) in [6.07, 6.45) is 8.18. The Hall–Kier alpha value is -1.58. The summed E-state index contributed by atoms with van der Waals surface area (Å²) in [5.41, 5.74) is 0.898. The van der Waals surface area contributed by atoms with Crippen LogP contribution < -0.4 is 0 Å². The van der Waals surface area contributed by atoms with E-state index in [-0.39, 0.29) is 0 Å². The van der Waals surface area contributed by atoms with Gasteiger partial charge >= 0.3 is 0 Å². The molecule has 0 unspecified atom stereocenters. The lowest BCUT2D eigenvalue weighted by molar-refractivity contribution is 0.385. The fourth-order valence-corrected chi connectivity index (χ4v) is 2.33. The van der Waals surface area contributed by atoms with Crippen molar-refractivity contribution in [2.75, 3.05) is 0 Å². The van der Waals surface area contributed by atoms with Crippen LogP contribution in [-0.4, -0.2) is 15.1 Å². The van der Waals surface area contributed by atoms with E-state index in [9.17, 15) is 0 Å². The third kappa shape index (κ3) is 1.75. The van der Waals surface area contributed by atoms with Crippen LogP contribution >= 0.6 is 0 Å². The Balaban J connectivity index is 1.82. The van der Waals surface area contributed by atoms with E-state index in [0.717, 1.165) is 11.5 Å². The summed E-state index contributed by atoms with van der Waals surface area (Å²) >= 11 is 0. The molecule has 4 heteroatoms. The van der Waals surface area contributed by atoms with E-state index in [4.69, 9.17) is 4.52 Å². The monoisotopic (exact) mass is 217 g/mol. The van der Waals surface area contributed by atoms with Gasteiger partial charge in [-0.25, -0.2) is 0 Å². The van der Waals surface area contributed by atoms with E-state index >= 15 is 0 Å². The van der Waals surface area contributed by atoms with Crippen LogP contribution in [0.4, 0.5) is 0 Å². The van der Waals surface area contributed by atoms with Gasteiger partial charge in [0.25, 0.3) is 5.89 Å². The van der Waals surface area contributed by atoms with Gasteiger partial charge in [-0.05, 0) is 25.0 Å². The van der Waals surface area contributed by atoms with Gasteiger partial charge in [0.2, 0.25) is 0 Å². The molecule has 1 N–H and O–H groups in total. The van der Waals surface area contributed by atoms with Crippen LogP contribution in [0.25, 0.3) is 11.6 Å². The maximum Gasteiger partial charge on any atom is 0.274 e. The van der Waals surface area contributed by atoms with Crippen molar-refractivity contribution in [2.24, 2.45) is 0 Å². The first-order chi connectivity index (χ1) is 7.93. The van der Waals surface area contributed by atoms with Crippen molar-refractivity contribution < 1.29 is 4.52 Å². The highest BCUT2D eigenvalue weighted by molar-refractivity contribution is 5.46. The van der Waals surface area contributed by atoms with Crippen LogP contribution in [0.1, 0.15) is 43.8 Å². The minimum Gasteiger partial charge on any atom is -0.357 e. The zero-order valence-corrected chi connectivity index (χ0v) is 9.15. The van der Waals surface area contributed by atoms with Crippen LogP contribution in [-0.2, 0) is 0 Å². The summed E-state index contributed by atoms with van der Waals surface area (Å²) in [6, 6.07) is 3.87. The summed E-state index contributed by atoms with van der Waals surface area (Å²) in [4.78, 5) is 7.54. The van der Waals surface area contributed by atoms with Gasteiger partial charge in [0.05, 0.1) is 0 Å². The van der Waals surface area contributed by atoms with Crippen molar-refractivity contribution in [1.82, 2.24) is 15.1 Å². The molecule has 0 atom stereocenters. The molecule has 1 saturated carbocycles. The molecule has 0 saturated heterocycles. The number of hydrogen-bond donors (Lipinski definition) is 1. The maximum atomic E-state index is 5.27. The van der Waals surface area contributed by atoms with Gasteiger partial charge in [0.15, 0.2) is 5.82 Å². The van der Waals surface area contributed by atoms with Crippen LogP contribution in [0.15, 0.2) is 22.9 Å². The van der Waals surface area contributed by atoms with E-state index in [0.29, 0.717) is 11.8 Å². The lowest BCUT2D eigenvalue weighted by Crippen LogP contribution is -2.06. The van der Waals surface area contributed by atoms with Gasteiger partial charge in [-0.15, -0.1) is 0 Å². The molecule has 1 aliphatic rings. The molecule has 3 rings (SSSR count). The number of H-pyrrole nitrogens is 1. The highest BCUT2D eigenvalue weighted by Gasteiger charge is 2.21. The predicted molar refractivity (Wildman–Crippen MR) is 59.9 cm³/mol. The van der Waals surface area contributed by atoms with Gasteiger partial charge in [-0.3, -0.25) is 0 Å². The van der Waals surface area contributed by atoms with Gasteiger partial charge < -0.3 is 9.51 Å². The molecule has 0 bridgehead atoms. The Bertz CT molecular complexity index is 441. The zero-order valence-electron chi connectivity index (χ0n) is 9.15. The number of hydrogen-bond acceptors (Lipinski definition) is 3. The summed E-state index contributed by atoms with van der Waals surface area (Å²) < 4.78 is 5.27. The third-order valence-electron chi connectivity index (χ3n) is 3.24. The molecule has 0 spiro atoms. The van der Waals surface area contributed by atoms with Crippen molar-refractivity contribution in [2.45, 2.75) is 38.0 Å². The molecule has 0 aromatic carbocycles. The summed E-state index contributed by atoms with van der Waals surface area (Å²) in [5.74, 6) is 1.98. The van der Waals surface area contributed by atoms with Crippen molar-refractivity contribution in [3.05, 3.63) is 24.2 Å². The molecule has 0 amide bonds. The highest BCUT2D eigenvalue weighted by atomic mass is 16.5. The molecule has 1 fully saturated rings. The van der Waals surface area contributed by atoms with Gasteiger partial charge in [0, 0.05) is 12.1 Å². The first-order valence-electron chi connectivity index (χ1n) is 5.91. The van der Waals surface area contributed by atoms with Crippen LogP contribution in [0.5, 0.6) is 0 Å². The SMILES string of the molecule is c1c[nH]c(-c2nc(C3CCCCC3)no2)c1. The van der Waals surface area contributed by atoms with Crippen LogP contribution in [0.3, 0.4) is 0 Å². The van der Waals surface area contributed by atoms with Crippen LogP contribution in [0.2, 0.25) is 0 Å². The largest absolute Gasteiger partial charge is 0.357 e. The quantitative estimate of drug-likeness (QED) is 0.840. The topological polar surface area (TPSA) is 54.7 Å². The molecule has 4 nitrogen and oxygen atoms in total. The number of rotatable bonds is 2. The van der Waals surface area contributed by atoms with Gasteiger partial charge in [-0.1, -0.05) is 24.4 Å². The predicted octanol–water partition coefficient (Wildman–Crippen LogP) is 3.11. The normalized spacial score (nSPS) is 17.8. The standard InChI is InChI=1S/C12H15N3O/c1-2-5-9(6-3-1)11-14-12(16-15-11)10-7-4-8-13-10/h4,7-9,13H,1-3,5-6H2. The minimum absolute atomic E-state index is 0.501. The number of nitrogens with one attached hydrogen (secondary N) is 1. The maximum absolute atomic E-state index is 5.27. The van der Waals surface area contributed by atoms with E-state index in [2.05, 4.69) is 15.1 Å². The average molecular weight is 217 g/mol. The molecular weight excluding hydrogens is 202 g/mol. The third-order valence-corrected chi connectivity index (χ3v) is 3.24. The number of aromatic amines is 1. The lowest BCUT2D eigenvalue weighted by Gasteiger charge is -2.17. The molecule has 0 aliphatic heterocycles. The molecule has 2 heterocycles. The Morgan fingerprint density at radius 1 is 1.25 bits per heavy atom. The molecule has 2 aromatic rings. The molecule has 2 aromatic heterocycles. The first kappa shape index (κ1) is 9.63. The fourth-order valence-electron chi connectivity index (χ4n) is 2.33. The lowest BCUT2D eigenvalue weighted by atomic mass is 9.89. The van der Waals surface area contributed by atoms with E-state index in [1.807, 2.05) is 18.3 Å². The second kappa shape index (κ2) is 4.12. The zero-order chi connectivity index (χ0) is 10.8. The highest BCUT2D eigenvalue weighted by Crippen LogP contribution is 2.31. The molecule has 16 heavy (non-hydrogen) atoms. The number of aromatic nitrogens is 3. The Morgan fingerprint density at radius 2 is 2.12 bits per heavy atom. The second-order valence-electron chi connectivity index (χ2n) is 4.38. The van der Waals surface area contributed by atoms with Crippen molar-refractivity contribution in [3.8, 4) is 11.6 Å². The Morgan fingerprint density at radius 3 is 2.88 bits per heavy atom. The van der Waals surface area contributed by atoms with Crippen molar-refractivity contribution in [3.63, 3.8) is 0 Å². The van der Waals surface area contributed by atoms with Crippen molar-refractivity contribution in [1.29, 1.82) is 0 Å². The molecule has 84 valence electrons. The number of nitrogens with zero attached hydrogens (tertiary/aromatic N) is 2. The average Bonchev–Trinajstić information content (AvgIpc) is 3.01. The minimum atomic E-state index is 0.501. The summed E-state index contributed by atoms with van der Waals surface area (Å²) in [5, 5.41) is 4.09. The van der Waals surface area contributed by atoms with E-state index in [1.165, 1.54) is 32.1 Å². The van der Waals surface area contributed by atoms with E-state index < -0.39 is 0 Å². The summed E-state index contributed by atoms with van der Waals surface area (Å²) in [7, 11) is 0. The van der Waals surface area contributed by atoms with Crippen molar-refractivity contribution >= 4 is 0 Å². The second-order valence-corrected chi connectivity index (χ2v) is 4.38. The smallest absolute Gasteiger partial charge is 0.274 e. The first-order valence-corrected chi connectivity index (χ1v) is 5.91. The summed E-state index contributed by atoms with van der Waals surface area (Å²) in [6.45, 7) is 0. The Labute approximate surface area is 94.1 Å². The molecule has 1 aliphatic carbocycles. The fraction of sp³-hybridized carbons (Fsp3) is 0.500. The van der Waals surface area contributed by atoms with Gasteiger partial charge in [-0.2, -0.15) is 4.98 Å². The molecular formula is C12H15N3O.